The van der Waals surface area contributed by atoms with E-state index in [-0.39, 0.29) is 6.54 Å². The van der Waals surface area contributed by atoms with Gasteiger partial charge in [-0.1, -0.05) is 96.2 Å². The maximum absolute atomic E-state index is 11.9. The van der Waals surface area contributed by atoms with E-state index < -0.39 is 17.6 Å². The largest absolute Gasteiger partial charge is 0.468 e. The van der Waals surface area contributed by atoms with Gasteiger partial charge in [0.05, 0.1) is 30.6 Å². The van der Waals surface area contributed by atoms with Crippen LogP contribution in [-0.2, 0) is 21.6 Å². The van der Waals surface area contributed by atoms with Crippen molar-refractivity contribution in [1.29, 1.82) is 0 Å². The van der Waals surface area contributed by atoms with Crippen LogP contribution < -0.4 is 0 Å². The van der Waals surface area contributed by atoms with Crippen LogP contribution in [-0.4, -0.2) is 57.3 Å². The number of rotatable bonds is 7. The number of aliphatic hydroxyl groups is 1. The van der Waals surface area contributed by atoms with E-state index in [0.717, 1.165) is 22.3 Å². The number of carbonyl (C=O) groups excluding carboxylic acids is 1. The molecule has 1 aromatic heterocycles. The van der Waals surface area contributed by atoms with E-state index in [9.17, 15) is 9.90 Å². The number of piperidine rings is 1. The lowest BCUT2D eigenvalue weighted by molar-refractivity contribution is -0.141. The van der Waals surface area contributed by atoms with E-state index >= 15 is 0 Å². The lowest BCUT2D eigenvalue weighted by atomic mass is 9.74. The number of hydrogen-bond acceptors (Lipinski definition) is 6. The average Bonchev–Trinajstić information content (AvgIpc) is 3.38. The highest BCUT2D eigenvalue weighted by atomic mass is 16.5. The van der Waals surface area contributed by atoms with Gasteiger partial charge in [-0.25, -0.2) is 4.68 Å². The minimum atomic E-state index is -0.613. The van der Waals surface area contributed by atoms with Crippen molar-refractivity contribution < 1.29 is 14.6 Å². The van der Waals surface area contributed by atoms with Crippen molar-refractivity contribution in [1.82, 2.24) is 19.9 Å². The highest BCUT2D eigenvalue weighted by molar-refractivity contribution is 5.69. The van der Waals surface area contributed by atoms with Gasteiger partial charge in [-0.3, -0.25) is 9.69 Å². The number of nitrogens with zero attached hydrogens (tertiary/aromatic N) is 4. The van der Waals surface area contributed by atoms with E-state index in [4.69, 9.17) is 4.74 Å². The van der Waals surface area contributed by atoms with Crippen molar-refractivity contribution >= 4 is 12.0 Å². The van der Waals surface area contributed by atoms with Crippen LogP contribution >= 0.6 is 0 Å². The van der Waals surface area contributed by atoms with Crippen molar-refractivity contribution in [3.05, 3.63) is 125 Å². The number of likely N-dealkylation sites (tertiary alicyclic amines) is 1. The first-order valence-corrected chi connectivity index (χ1v) is 12.4. The molecule has 37 heavy (non-hydrogen) atoms. The first-order valence-electron chi connectivity index (χ1n) is 12.4. The lowest BCUT2D eigenvalue weighted by Gasteiger charge is -2.48. The summed E-state index contributed by atoms with van der Waals surface area (Å²) in [7, 11) is 1.34. The predicted octanol–water partition coefficient (Wildman–Crippen LogP) is 3.89. The highest BCUT2D eigenvalue weighted by Crippen LogP contribution is 2.44. The molecule has 2 heterocycles. The number of esters is 1. The Morgan fingerprint density at radius 1 is 0.973 bits per heavy atom. The van der Waals surface area contributed by atoms with Crippen LogP contribution in [0, 0.1) is 0 Å². The third-order valence-electron chi connectivity index (χ3n) is 7.01. The third kappa shape index (κ3) is 4.83. The van der Waals surface area contributed by atoms with Crippen molar-refractivity contribution in [2.24, 2.45) is 0 Å². The fourth-order valence-electron chi connectivity index (χ4n) is 5.26. The summed E-state index contributed by atoms with van der Waals surface area (Å²) in [5.41, 5.74) is 4.37. The zero-order valence-electron chi connectivity index (χ0n) is 20.8. The Morgan fingerprint density at radius 3 is 2.03 bits per heavy atom. The zero-order valence-corrected chi connectivity index (χ0v) is 20.8. The van der Waals surface area contributed by atoms with Gasteiger partial charge in [0.15, 0.2) is 0 Å². The Hall–Kier alpha value is -4.07. The summed E-state index contributed by atoms with van der Waals surface area (Å²) in [6, 6.07) is 31.6. The molecule has 7 nitrogen and oxygen atoms in total. The zero-order chi connectivity index (χ0) is 25.7. The molecule has 1 aliphatic rings. The Morgan fingerprint density at radius 2 is 1.51 bits per heavy atom. The number of carbonyl (C=O) groups is 1. The van der Waals surface area contributed by atoms with Crippen LogP contribution in [0.4, 0.5) is 0 Å². The van der Waals surface area contributed by atoms with Crippen LogP contribution in [0.15, 0.2) is 103 Å². The second kappa shape index (κ2) is 10.9. The Bertz CT molecular complexity index is 1260. The molecule has 1 atom stereocenters. The van der Waals surface area contributed by atoms with Gasteiger partial charge < -0.3 is 9.84 Å². The van der Waals surface area contributed by atoms with Gasteiger partial charge in [-0.15, -0.1) is 5.10 Å². The minimum absolute atomic E-state index is 0.0442. The molecule has 1 fully saturated rings. The molecule has 0 amide bonds. The summed E-state index contributed by atoms with van der Waals surface area (Å²) in [5.74, 6) is -0.410. The first-order chi connectivity index (χ1) is 18.1. The molecule has 0 saturated carbocycles. The van der Waals surface area contributed by atoms with E-state index in [1.807, 2.05) is 24.3 Å². The van der Waals surface area contributed by atoms with Gasteiger partial charge in [0.1, 0.15) is 6.54 Å². The second-order valence-electron chi connectivity index (χ2n) is 9.15. The Labute approximate surface area is 216 Å². The van der Waals surface area contributed by atoms with Crippen LogP contribution in [0.3, 0.4) is 0 Å². The Kier molecular flexibility index (Phi) is 7.25. The first kappa shape index (κ1) is 24.6. The smallest absolute Gasteiger partial charge is 0.327 e. The van der Waals surface area contributed by atoms with Crippen LogP contribution in [0.1, 0.15) is 28.8 Å². The molecule has 0 aliphatic carbocycles. The predicted molar refractivity (Wildman–Crippen MR) is 141 cm³/mol. The van der Waals surface area contributed by atoms with E-state index in [0.29, 0.717) is 25.2 Å². The van der Waals surface area contributed by atoms with Crippen molar-refractivity contribution in [3.63, 3.8) is 0 Å². The molecular weight excluding hydrogens is 464 g/mol. The maximum Gasteiger partial charge on any atom is 0.327 e. The van der Waals surface area contributed by atoms with E-state index in [1.165, 1.54) is 11.8 Å². The van der Waals surface area contributed by atoms with Crippen molar-refractivity contribution in [3.8, 4) is 0 Å². The second-order valence-corrected chi connectivity index (χ2v) is 9.15. The molecule has 0 spiro atoms. The van der Waals surface area contributed by atoms with Crippen LogP contribution in [0.2, 0.25) is 0 Å². The molecule has 5 rings (SSSR count). The SMILES string of the molecule is COC(=O)Cn1nncc1/C=C1\CN(C(c2ccccc2)(c2ccccc2)c2ccccc2)CCC1O. The van der Waals surface area contributed by atoms with Crippen LogP contribution in [0.5, 0.6) is 0 Å². The maximum atomic E-state index is 11.9. The summed E-state index contributed by atoms with van der Waals surface area (Å²) in [6.45, 7) is 1.16. The number of benzene rings is 3. The molecule has 4 aromatic rings. The number of methoxy groups -OCH3 is 1. The lowest BCUT2D eigenvalue weighted by Crippen LogP contribution is -2.52. The molecule has 1 unspecified atom stereocenters. The quantitative estimate of drug-likeness (QED) is 0.310. The summed E-state index contributed by atoms with van der Waals surface area (Å²) < 4.78 is 6.28. The fraction of sp³-hybridized carbons (Fsp3) is 0.233. The summed E-state index contributed by atoms with van der Waals surface area (Å²) >= 11 is 0. The molecule has 1 aliphatic heterocycles. The highest BCUT2D eigenvalue weighted by Gasteiger charge is 2.44. The molecule has 188 valence electrons. The summed E-state index contributed by atoms with van der Waals surface area (Å²) in [6.07, 6.45) is 3.45. The summed E-state index contributed by atoms with van der Waals surface area (Å²) in [5, 5.41) is 19.1. The molecular formula is C30H30N4O3. The van der Waals surface area contributed by atoms with Gasteiger partial charge >= 0.3 is 5.97 Å². The third-order valence-corrected chi connectivity index (χ3v) is 7.01. The van der Waals surface area contributed by atoms with E-state index in [2.05, 4.69) is 88.0 Å². The van der Waals surface area contributed by atoms with Gasteiger partial charge in [-0.2, -0.15) is 0 Å². The van der Waals surface area contributed by atoms with Gasteiger partial charge in [0.2, 0.25) is 0 Å². The number of ether oxygens (including phenoxy) is 1. The topological polar surface area (TPSA) is 80.5 Å². The Balaban J connectivity index is 1.64. The van der Waals surface area contributed by atoms with Crippen molar-refractivity contribution in [2.45, 2.75) is 24.6 Å². The van der Waals surface area contributed by atoms with Gasteiger partial charge in [0, 0.05) is 13.1 Å². The number of hydrogen-bond donors (Lipinski definition) is 1. The molecule has 1 saturated heterocycles. The molecule has 1 N–H and O–H groups in total. The standard InChI is InChI=1S/C30H30N4O3/c1-37-29(36)22-34-27(20-31-32-34)19-23-21-33(18-17-28(23)35)30(24-11-5-2-6-12-24,25-13-7-3-8-14-25)26-15-9-4-10-16-26/h2-16,19-20,28,35H,17-18,21-22H2,1H3/b23-19+. The monoisotopic (exact) mass is 494 g/mol. The molecule has 3 aromatic carbocycles. The molecule has 0 bridgehead atoms. The van der Waals surface area contributed by atoms with Gasteiger partial charge in [0.25, 0.3) is 0 Å². The number of aromatic nitrogens is 3. The minimum Gasteiger partial charge on any atom is -0.468 e. The van der Waals surface area contributed by atoms with Crippen LogP contribution in [0.25, 0.3) is 6.08 Å². The molecule has 7 heteroatoms. The summed E-state index contributed by atoms with van der Waals surface area (Å²) in [4.78, 5) is 14.3. The van der Waals surface area contributed by atoms with E-state index in [1.54, 1.807) is 6.20 Å². The van der Waals surface area contributed by atoms with Crippen molar-refractivity contribution in [2.75, 3.05) is 20.2 Å². The van der Waals surface area contributed by atoms with Gasteiger partial charge in [-0.05, 0) is 34.8 Å². The normalized spacial score (nSPS) is 17.6. The number of aliphatic hydroxyl groups excluding tert-OH is 1. The molecule has 0 radical (unpaired) electrons. The fourth-order valence-corrected chi connectivity index (χ4v) is 5.26. The average molecular weight is 495 g/mol.